The number of nitrogens with zero attached hydrogens (tertiary/aromatic N) is 4. The van der Waals surface area contributed by atoms with E-state index in [1.165, 1.54) is 41.3 Å². The summed E-state index contributed by atoms with van der Waals surface area (Å²) in [5, 5.41) is 20.8. The molecule has 1 atom stereocenters. The van der Waals surface area contributed by atoms with Gasteiger partial charge in [-0.3, -0.25) is 24.5 Å². The highest BCUT2D eigenvalue weighted by atomic mass is 35.5. The molecule has 0 N–H and O–H groups in total. The average molecular weight is 537 g/mol. The molecule has 4 rings (SSSR count). The second kappa shape index (κ2) is 10.8. The highest BCUT2D eigenvalue weighted by Crippen LogP contribution is 2.30. The largest absolute Gasteiger partial charge is 0.326 e. The van der Waals surface area contributed by atoms with Gasteiger partial charge < -0.3 is 4.90 Å². The summed E-state index contributed by atoms with van der Waals surface area (Å²) in [6.45, 7) is 0.0422. The molecule has 3 amide bonds. The molecular weight excluding hydrogens is 519 g/mol. The second-order valence-corrected chi connectivity index (χ2v) is 9.09. The van der Waals surface area contributed by atoms with Gasteiger partial charge in [-0.15, -0.1) is 0 Å². The van der Waals surface area contributed by atoms with Crippen LogP contribution < -0.4 is 4.90 Å². The van der Waals surface area contributed by atoms with Crippen LogP contribution in [0.5, 0.6) is 0 Å². The lowest BCUT2D eigenvalue weighted by Crippen LogP contribution is -2.46. The van der Waals surface area contributed by atoms with Gasteiger partial charge >= 0.3 is 0 Å². The first kappa shape index (κ1) is 25.8. The first-order valence-corrected chi connectivity index (χ1v) is 11.8. The number of rotatable bonds is 7. The number of carbonyl (C=O) groups excluding carboxylic acids is 3. The molecule has 0 saturated carbocycles. The van der Waals surface area contributed by atoms with Crippen molar-refractivity contribution in [2.45, 2.75) is 18.9 Å². The molecule has 1 unspecified atom stereocenters. The van der Waals surface area contributed by atoms with E-state index in [-0.39, 0.29) is 29.2 Å². The van der Waals surface area contributed by atoms with Crippen molar-refractivity contribution in [1.82, 2.24) is 4.90 Å². The van der Waals surface area contributed by atoms with Crippen molar-refractivity contribution in [3.8, 4) is 6.07 Å². The van der Waals surface area contributed by atoms with Gasteiger partial charge in [0, 0.05) is 23.2 Å². The van der Waals surface area contributed by atoms with Crippen LogP contribution in [-0.2, 0) is 16.0 Å². The maximum absolute atomic E-state index is 13.6. The van der Waals surface area contributed by atoms with E-state index in [0.717, 1.165) is 16.5 Å². The number of hydrogen-bond donors (Lipinski definition) is 0. The predicted molar refractivity (Wildman–Crippen MR) is 136 cm³/mol. The third-order valence-corrected chi connectivity index (χ3v) is 6.49. The number of hydrogen-bond acceptors (Lipinski definition) is 6. The third-order valence-electron chi connectivity index (χ3n) is 5.93. The Labute approximate surface area is 221 Å². The number of halogens is 2. The summed E-state index contributed by atoms with van der Waals surface area (Å²) in [4.78, 5) is 52.8. The van der Waals surface area contributed by atoms with Crippen LogP contribution in [0.3, 0.4) is 0 Å². The molecular formula is C26H18Cl2N4O5. The molecule has 0 spiro atoms. The molecule has 9 nitrogen and oxygen atoms in total. The smallest absolute Gasteiger partial charge is 0.288 e. The molecule has 0 aromatic heterocycles. The average Bonchev–Trinajstić information content (AvgIpc) is 3.17. The zero-order valence-electron chi connectivity index (χ0n) is 19.1. The van der Waals surface area contributed by atoms with E-state index in [2.05, 4.69) is 0 Å². The maximum atomic E-state index is 13.6. The second-order valence-electron chi connectivity index (χ2n) is 8.25. The lowest BCUT2D eigenvalue weighted by atomic mass is 10.1. The van der Waals surface area contributed by atoms with Crippen LogP contribution in [0.15, 0.2) is 66.7 Å². The molecule has 186 valence electrons. The SMILES string of the molecule is N#Cc1ccc(N2C(=O)CC(N(CCc3cccc(Cl)c3)C(=O)c3ccc(Cl)c([N+](=O)[O-])c3)C2=O)cc1. The van der Waals surface area contributed by atoms with E-state index in [1.807, 2.05) is 12.1 Å². The topological polar surface area (TPSA) is 125 Å². The van der Waals surface area contributed by atoms with Gasteiger partial charge in [-0.2, -0.15) is 5.26 Å². The Morgan fingerprint density at radius 2 is 1.84 bits per heavy atom. The Bertz CT molecular complexity index is 1450. The summed E-state index contributed by atoms with van der Waals surface area (Å²) >= 11 is 12.0. The van der Waals surface area contributed by atoms with Crippen LogP contribution in [0, 0.1) is 21.4 Å². The van der Waals surface area contributed by atoms with Crippen LogP contribution in [0.4, 0.5) is 11.4 Å². The monoisotopic (exact) mass is 536 g/mol. The van der Waals surface area contributed by atoms with E-state index in [0.29, 0.717) is 17.0 Å². The molecule has 1 fully saturated rings. The molecule has 0 aliphatic carbocycles. The maximum Gasteiger partial charge on any atom is 0.288 e. The van der Waals surface area contributed by atoms with Gasteiger partial charge in [-0.1, -0.05) is 35.3 Å². The fraction of sp³-hybridized carbons (Fsp3) is 0.154. The van der Waals surface area contributed by atoms with Gasteiger partial charge in [-0.05, 0) is 60.5 Å². The first-order chi connectivity index (χ1) is 17.7. The van der Waals surface area contributed by atoms with Gasteiger partial charge in [0.1, 0.15) is 11.1 Å². The molecule has 1 aliphatic rings. The van der Waals surface area contributed by atoms with E-state index < -0.39 is 34.4 Å². The van der Waals surface area contributed by atoms with Crippen molar-refractivity contribution in [2.75, 3.05) is 11.4 Å². The quantitative estimate of drug-likeness (QED) is 0.243. The zero-order chi connectivity index (χ0) is 26.7. The van der Waals surface area contributed by atoms with Crippen molar-refractivity contribution >= 4 is 52.3 Å². The number of imide groups is 1. The van der Waals surface area contributed by atoms with Crippen molar-refractivity contribution in [1.29, 1.82) is 5.26 Å². The van der Waals surface area contributed by atoms with Gasteiger partial charge in [-0.25, -0.2) is 4.90 Å². The van der Waals surface area contributed by atoms with Gasteiger partial charge in [0.2, 0.25) is 5.91 Å². The predicted octanol–water partition coefficient (Wildman–Crippen LogP) is 4.79. The van der Waals surface area contributed by atoms with Crippen LogP contribution in [-0.4, -0.2) is 40.1 Å². The van der Waals surface area contributed by atoms with E-state index in [9.17, 15) is 24.5 Å². The third kappa shape index (κ3) is 5.45. The van der Waals surface area contributed by atoms with Gasteiger partial charge in [0.05, 0.1) is 28.7 Å². The number of carbonyl (C=O) groups is 3. The molecule has 11 heteroatoms. The van der Waals surface area contributed by atoms with E-state index in [1.54, 1.807) is 18.2 Å². The number of amides is 3. The minimum Gasteiger partial charge on any atom is -0.326 e. The summed E-state index contributed by atoms with van der Waals surface area (Å²) in [5.41, 5.74) is 0.950. The Balaban J connectivity index is 1.68. The fourth-order valence-corrected chi connectivity index (χ4v) is 4.51. The molecule has 3 aromatic carbocycles. The highest BCUT2D eigenvalue weighted by molar-refractivity contribution is 6.32. The summed E-state index contributed by atoms with van der Waals surface area (Å²) in [7, 11) is 0. The Hall–Kier alpha value is -4.26. The lowest BCUT2D eigenvalue weighted by molar-refractivity contribution is -0.384. The zero-order valence-corrected chi connectivity index (χ0v) is 20.6. The van der Waals surface area contributed by atoms with Crippen LogP contribution in [0.1, 0.15) is 27.9 Å². The van der Waals surface area contributed by atoms with Gasteiger partial charge in [0.25, 0.3) is 17.5 Å². The van der Waals surface area contributed by atoms with Crippen molar-refractivity contribution < 1.29 is 19.3 Å². The van der Waals surface area contributed by atoms with E-state index in [4.69, 9.17) is 28.5 Å². The Morgan fingerprint density at radius 3 is 2.49 bits per heavy atom. The lowest BCUT2D eigenvalue weighted by Gasteiger charge is -2.28. The summed E-state index contributed by atoms with van der Waals surface area (Å²) in [6, 6.07) is 17.4. The molecule has 1 aliphatic heterocycles. The number of nitriles is 1. The number of nitro groups is 1. The van der Waals surface area contributed by atoms with Crippen molar-refractivity contribution in [2.24, 2.45) is 0 Å². The fourth-order valence-electron chi connectivity index (χ4n) is 4.11. The number of nitro benzene ring substituents is 1. The van der Waals surface area contributed by atoms with Crippen LogP contribution in [0.2, 0.25) is 10.0 Å². The number of benzene rings is 3. The normalized spacial score (nSPS) is 14.9. The Kier molecular flexibility index (Phi) is 7.53. The summed E-state index contributed by atoms with van der Waals surface area (Å²) in [6.07, 6.45) is 0.0482. The molecule has 0 bridgehead atoms. The van der Waals surface area contributed by atoms with Crippen LogP contribution >= 0.6 is 23.2 Å². The van der Waals surface area contributed by atoms with Crippen molar-refractivity contribution in [3.05, 3.63) is 104 Å². The highest BCUT2D eigenvalue weighted by Gasteiger charge is 2.44. The summed E-state index contributed by atoms with van der Waals surface area (Å²) in [5.74, 6) is -1.78. The molecule has 37 heavy (non-hydrogen) atoms. The van der Waals surface area contributed by atoms with Crippen molar-refractivity contribution in [3.63, 3.8) is 0 Å². The number of anilines is 1. The standard InChI is InChI=1S/C26H18Cl2N4O5/c27-19-3-1-2-16(12-19)10-11-30(25(34)18-6-9-21(28)22(13-18)32(36)37)23-14-24(33)31(26(23)35)20-7-4-17(15-29)5-8-20/h1-9,12-13,23H,10-11,14H2. The van der Waals surface area contributed by atoms with Crippen LogP contribution in [0.25, 0.3) is 0 Å². The molecule has 3 aromatic rings. The van der Waals surface area contributed by atoms with Gasteiger partial charge in [0.15, 0.2) is 0 Å². The minimum atomic E-state index is -1.13. The first-order valence-electron chi connectivity index (χ1n) is 11.1. The molecule has 1 saturated heterocycles. The summed E-state index contributed by atoms with van der Waals surface area (Å²) < 4.78 is 0. The minimum absolute atomic E-state index is 0.0422. The molecule has 1 heterocycles. The Morgan fingerprint density at radius 1 is 1.11 bits per heavy atom. The molecule has 0 radical (unpaired) electrons. The van der Waals surface area contributed by atoms with E-state index >= 15 is 0 Å².